The van der Waals surface area contributed by atoms with E-state index >= 15 is 0 Å². The number of amides is 1. The van der Waals surface area contributed by atoms with Crippen molar-refractivity contribution in [1.82, 2.24) is 0 Å². The molecular formula is C20H23NO4. The zero-order valence-electron chi connectivity index (χ0n) is 14.7. The predicted molar refractivity (Wildman–Crippen MR) is 96.7 cm³/mol. The lowest BCUT2D eigenvalue weighted by Gasteiger charge is -2.14. The fourth-order valence-electron chi connectivity index (χ4n) is 2.21. The highest BCUT2D eigenvalue weighted by Gasteiger charge is 2.18. The number of nitrogens with one attached hydrogen (secondary N) is 1. The topological polar surface area (TPSA) is 64.6 Å². The first-order chi connectivity index (χ1) is 12.0. The van der Waals surface area contributed by atoms with E-state index in [0.717, 1.165) is 16.9 Å². The van der Waals surface area contributed by atoms with Crippen LogP contribution in [-0.4, -0.2) is 24.6 Å². The van der Waals surface area contributed by atoms with Crippen LogP contribution in [0.4, 0.5) is 5.69 Å². The maximum absolute atomic E-state index is 12.1. The second-order valence-electron chi connectivity index (χ2n) is 5.74. The molecule has 0 saturated carbocycles. The van der Waals surface area contributed by atoms with Gasteiger partial charge in [-0.05, 0) is 50.6 Å². The van der Waals surface area contributed by atoms with Gasteiger partial charge in [-0.25, -0.2) is 0 Å². The fourth-order valence-corrected chi connectivity index (χ4v) is 2.21. The summed E-state index contributed by atoms with van der Waals surface area (Å²) < 4.78 is 10.6. The van der Waals surface area contributed by atoms with E-state index in [1.165, 1.54) is 0 Å². The normalized spacial score (nSPS) is 11.5. The van der Waals surface area contributed by atoms with Crippen LogP contribution < -0.4 is 10.1 Å². The van der Waals surface area contributed by atoms with E-state index in [2.05, 4.69) is 5.32 Å². The number of carbonyl (C=O) groups excluding carboxylic acids is 2. The maximum Gasteiger partial charge on any atom is 0.311 e. The Balaban J connectivity index is 1.84. The van der Waals surface area contributed by atoms with Crippen LogP contribution in [0.15, 0.2) is 48.5 Å². The maximum atomic E-state index is 12.1. The van der Waals surface area contributed by atoms with Crippen LogP contribution in [0.5, 0.6) is 5.75 Å². The zero-order chi connectivity index (χ0) is 18.2. The summed E-state index contributed by atoms with van der Waals surface area (Å²) in [7, 11) is 0. The highest BCUT2D eigenvalue weighted by molar-refractivity contribution is 5.95. The van der Waals surface area contributed by atoms with Crippen molar-refractivity contribution in [3.05, 3.63) is 59.7 Å². The molecule has 2 aromatic carbocycles. The summed E-state index contributed by atoms with van der Waals surface area (Å²) in [4.78, 5) is 24.1. The van der Waals surface area contributed by atoms with Crippen molar-refractivity contribution in [3.8, 4) is 5.75 Å². The van der Waals surface area contributed by atoms with Gasteiger partial charge >= 0.3 is 5.97 Å². The smallest absolute Gasteiger partial charge is 0.311 e. The minimum Gasteiger partial charge on any atom is -0.494 e. The molecular weight excluding hydrogens is 318 g/mol. The van der Waals surface area contributed by atoms with Gasteiger partial charge in [-0.1, -0.05) is 29.8 Å². The van der Waals surface area contributed by atoms with Crippen LogP contribution in [0.1, 0.15) is 25.0 Å². The van der Waals surface area contributed by atoms with Gasteiger partial charge in [-0.15, -0.1) is 0 Å². The predicted octanol–water partition coefficient (Wildman–Crippen LogP) is 3.51. The molecule has 0 aliphatic heterocycles. The van der Waals surface area contributed by atoms with Crippen molar-refractivity contribution in [1.29, 1.82) is 0 Å². The monoisotopic (exact) mass is 341 g/mol. The molecule has 0 aliphatic rings. The van der Waals surface area contributed by atoms with Crippen molar-refractivity contribution >= 4 is 17.6 Å². The van der Waals surface area contributed by atoms with Crippen LogP contribution in [0.25, 0.3) is 0 Å². The summed E-state index contributed by atoms with van der Waals surface area (Å²) in [5, 5.41) is 2.72. The second kappa shape index (κ2) is 8.87. The number of benzene rings is 2. The Kier molecular flexibility index (Phi) is 6.57. The molecule has 0 saturated heterocycles. The van der Waals surface area contributed by atoms with Crippen LogP contribution in [0.3, 0.4) is 0 Å². The van der Waals surface area contributed by atoms with E-state index in [4.69, 9.17) is 9.47 Å². The first-order valence-corrected chi connectivity index (χ1v) is 8.26. The Bertz CT molecular complexity index is 707. The molecule has 0 bridgehead atoms. The van der Waals surface area contributed by atoms with Gasteiger partial charge < -0.3 is 14.8 Å². The summed E-state index contributed by atoms with van der Waals surface area (Å²) in [6.07, 6.45) is -0.731. The molecule has 0 unspecified atom stereocenters. The van der Waals surface area contributed by atoms with E-state index in [1.807, 2.05) is 38.1 Å². The second-order valence-corrected chi connectivity index (χ2v) is 5.74. The molecule has 132 valence electrons. The highest BCUT2D eigenvalue weighted by atomic mass is 16.5. The standard InChI is InChI=1S/C20H23NO4/c1-4-24-18-11-9-17(10-12-18)21-20(23)15(3)25-19(22)13-16-7-5-14(2)6-8-16/h5-12,15H,4,13H2,1-3H3,(H,21,23)/t15-/m0/s1. The number of hydrogen-bond acceptors (Lipinski definition) is 4. The summed E-state index contributed by atoms with van der Waals surface area (Å²) in [6, 6.07) is 14.6. The molecule has 2 aromatic rings. The fraction of sp³-hybridized carbons (Fsp3) is 0.300. The first kappa shape index (κ1) is 18.5. The van der Waals surface area contributed by atoms with Gasteiger partial charge in [0.2, 0.25) is 0 Å². The Hall–Kier alpha value is -2.82. The van der Waals surface area contributed by atoms with E-state index in [0.29, 0.717) is 12.3 Å². The molecule has 0 heterocycles. The largest absolute Gasteiger partial charge is 0.494 e. The number of carbonyl (C=O) groups is 2. The number of ether oxygens (including phenoxy) is 2. The van der Waals surface area contributed by atoms with Gasteiger partial charge in [-0.3, -0.25) is 9.59 Å². The Morgan fingerprint density at radius 3 is 2.28 bits per heavy atom. The zero-order valence-corrected chi connectivity index (χ0v) is 14.7. The van der Waals surface area contributed by atoms with Gasteiger partial charge in [-0.2, -0.15) is 0 Å². The summed E-state index contributed by atoms with van der Waals surface area (Å²) in [5.74, 6) is -0.0716. The molecule has 0 fully saturated rings. The molecule has 0 aromatic heterocycles. The lowest BCUT2D eigenvalue weighted by Crippen LogP contribution is -2.30. The van der Waals surface area contributed by atoms with Crippen LogP contribution in [0.2, 0.25) is 0 Å². The molecule has 5 heteroatoms. The van der Waals surface area contributed by atoms with Gasteiger partial charge in [0.15, 0.2) is 6.10 Å². The van der Waals surface area contributed by atoms with Crippen LogP contribution >= 0.6 is 0 Å². The number of anilines is 1. The Morgan fingerprint density at radius 1 is 1.04 bits per heavy atom. The third-order valence-corrected chi connectivity index (χ3v) is 3.58. The van der Waals surface area contributed by atoms with Crippen molar-refractivity contribution in [3.63, 3.8) is 0 Å². The summed E-state index contributed by atoms with van der Waals surface area (Å²) in [5.41, 5.74) is 2.60. The molecule has 25 heavy (non-hydrogen) atoms. The number of aryl methyl sites for hydroxylation is 1. The quantitative estimate of drug-likeness (QED) is 0.783. The molecule has 0 aliphatic carbocycles. The molecule has 1 N–H and O–H groups in total. The van der Waals surface area contributed by atoms with Crippen molar-refractivity contribution in [2.45, 2.75) is 33.3 Å². The van der Waals surface area contributed by atoms with Gasteiger partial charge in [0, 0.05) is 5.69 Å². The molecule has 5 nitrogen and oxygen atoms in total. The van der Waals surface area contributed by atoms with E-state index in [-0.39, 0.29) is 12.3 Å². The third-order valence-electron chi connectivity index (χ3n) is 3.58. The first-order valence-electron chi connectivity index (χ1n) is 8.26. The summed E-state index contributed by atoms with van der Waals surface area (Å²) >= 11 is 0. The van der Waals surface area contributed by atoms with E-state index in [1.54, 1.807) is 31.2 Å². The van der Waals surface area contributed by atoms with E-state index < -0.39 is 12.1 Å². The van der Waals surface area contributed by atoms with Crippen molar-refractivity contribution < 1.29 is 19.1 Å². The Morgan fingerprint density at radius 2 is 1.68 bits per heavy atom. The number of rotatable bonds is 7. The molecule has 2 rings (SSSR count). The van der Waals surface area contributed by atoms with Gasteiger partial charge in [0.05, 0.1) is 13.0 Å². The molecule has 0 radical (unpaired) electrons. The molecule has 1 atom stereocenters. The van der Waals surface area contributed by atoms with E-state index in [9.17, 15) is 9.59 Å². The number of esters is 1. The van der Waals surface area contributed by atoms with Crippen LogP contribution in [0, 0.1) is 6.92 Å². The van der Waals surface area contributed by atoms with Crippen LogP contribution in [-0.2, 0) is 20.7 Å². The minimum atomic E-state index is -0.871. The lowest BCUT2D eigenvalue weighted by atomic mass is 10.1. The average Bonchev–Trinajstić information content (AvgIpc) is 2.59. The minimum absolute atomic E-state index is 0.140. The highest BCUT2D eigenvalue weighted by Crippen LogP contribution is 2.16. The van der Waals surface area contributed by atoms with Crippen molar-refractivity contribution in [2.75, 3.05) is 11.9 Å². The van der Waals surface area contributed by atoms with Gasteiger partial charge in [0.1, 0.15) is 5.75 Å². The summed E-state index contributed by atoms with van der Waals surface area (Å²) in [6.45, 7) is 6.02. The Labute approximate surface area is 148 Å². The van der Waals surface area contributed by atoms with Crippen molar-refractivity contribution in [2.24, 2.45) is 0 Å². The molecule has 0 spiro atoms. The van der Waals surface area contributed by atoms with Gasteiger partial charge in [0.25, 0.3) is 5.91 Å². The SMILES string of the molecule is CCOc1ccc(NC(=O)[C@H](C)OC(=O)Cc2ccc(C)cc2)cc1. The average molecular weight is 341 g/mol. The number of hydrogen-bond donors (Lipinski definition) is 1. The molecule has 1 amide bonds. The third kappa shape index (κ3) is 5.95. The lowest BCUT2D eigenvalue weighted by molar-refractivity contribution is -0.152.